The standard InChI is InChI=1S/C19H19FN4O3S/c1-25-14-9-16(26-2)15(17(10-14)27-3)11-21-24-18(22-23-19(24)28)8-12-4-6-13(20)7-5-12/h4-7,9-11H,8H2,1-3H3,(H,23,28)/b21-11-. The Bertz CT molecular complexity index is 1020. The molecular weight excluding hydrogens is 383 g/mol. The van der Waals surface area contributed by atoms with Gasteiger partial charge in [0, 0.05) is 18.6 Å². The largest absolute Gasteiger partial charge is 0.496 e. The molecule has 0 fully saturated rings. The molecule has 0 saturated heterocycles. The van der Waals surface area contributed by atoms with Gasteiger partial charge in [-0.2, -0.15) is 14.9 Å². The zero-order valence-corrected chi connectivity index (χ0v) is 16.4. The van der Waals surface area contributed by atoms with E-state index in [-0.39, 0.29) is 5.82 Å². The van der Waals surface area contributed by atoms with Crippen LogP contribution in [0.25, 0.3) is 0 Å². The highest BCUT2D eigenvalue weighted by Gasteiger charge is 2.13. The third-order valence-corrected chi connectivity index (χ3v) is 4.31. The minimum absolute atomic E-state index is 0.292. The lowest BCUT2D eigenvalue weighted by Crippen LogP contribution is -2.02. The summed E-state index contributed by atoms with van der Waals surface area (Å²) in [5, 5.41) is 11.4. The molecule has 0 amide bonds. The number of hydrogen-bond acceptors (Lipinski definition) is 6. The molecular formula is C19H19FN4O3S. The molecule has 0 aliphatic rings. The van der Waals surface area contributed by atoms with Crippen LogP contribution in [0.2, 0.25) is 0 Å². The quantitative estimate of drug-likeness (QED) is 0.483. The fourth-order valence-electron chi connectivity index (χ4n) is 2.62. The van der Waals surface area contributed by atoms with Crippen molar-refractivity contribution in [1.29, 1.82) is 0 Å². The summed E-state index contributed by atoms with van der Waals surface area (Å²) in [5.74, 6) is 1.96. The molecule has 0 radical (unpaired) electrons. The smallest absolute Gasteiger partial charge is 0.216 e. The van der Waals surface area contributed by atoms with E-state index in [0.29, 0.717) is 39.8 Å². The van der Waals surface area contributed by atoms with Gasteiger partial charge >= 0.3 is 0 Å². The monoisotopic (exact) mass is 402 g/mol. The number of ether oxygens (including phenoxy) is 3. The van der Waals surface area contributed by atoms with Gasteiger partial charge in [0.05, 0.1) is 33.1 Å². The van der Waals surface area contributed by atoms with Gasteiger partial charge in [0.1, 0.15) is 23.1 Å². The number of benzene rings is 2. The Kier molecular flexibility index (Phi) is 6.05. The molecule has 0 bridgehead atoms. The molecule has 0 spiro atoms. The molecule has 3 rings (SSSR count). The summed E-state index contributed by atoms with van der Waals surface area (Å²) in [6.45, 7) is 0. The van der Waals surface area contributed by atoms with E-state index in [2.05, 4.69) is 15.3 Å². The van der Waals surface area contributed by atoms with Gasteiger partial charge in [0.25, 0.3) is 0 Å². The topological polar surface area (TPSA) is 73.7 Å². The lowest BCUT2D eigenvalue weighted by Gasteiger charge is -2.12. The number of methoxy groups -OCH3 is 3. The van der Waals surface area contributed by atoms with Gasteiger partial charge in [-0.25, -0.2) is 4.39 Å². The van der Waals surface area contributed by atoms with Crippen LogP contribution < -0.4 is 14.2 Å². The van der Waals surface area contributed by atoms with Crippen LogP contribution in [0.5, 0.6) is 17.2 Å². The van der Waals surface area contributed by atoms with Crippen molar-refractivity contribution in [3.05, 3.63) is 63.9 Å². The van der Waals surface area contributed by atoms with Gasteiger partial charge in [-0.15, -0.1) is 0 Å². The predicted octanol–water partition coefficient (Wildman–Crippen LogP) is 3.58. The van der Waals surface area contributed by atoms with Gasteiger partial charge in [-0.1, -0.05) is 12.1 Å². The normalized spacial score (nSPS) is 11.0. The summed E-state index contributed by atoms with van der Waals surface area (Å²) in [6.07, 6.45) is 2.01. The predicted molar refractivity (Wildman–Crippen MR) is 106 cm³/mol. The molecule has 2 aromatic carbocycles. The Balaban J connectivity index is 1.96. The first-order chi connectivity index (χ1) is 13.5. The van der Waals surface area contributed by atoms with Crippen molar-refractivity contribution in [2.45, 2.75) is 6.42 Å². The molecule has 0 aliphatic carbocycles. The summed E-state index contributed by atoms with van der Waals surface area (Å²) < 4.78 is 31.0. The molecule has 0 atom stereocenters. The minimum Gasteiger partial charge on any atom is -0.496 e. The zero-order valence-electron chi connectivity index (χ0n) is 15.6. The van der Waals surface area contributed by atoms with Gasteiger partial charge in [-0.05, 0) is 29.9 Å². The number of aromatic nitrogens is 3. The van der Waals surface area contributed by atoms with Gasteiger partial charge in [-0.3, -0.25) is 5.10 Å². The SMILES string of the molecule is COc1cc(OC)c(/C=N\n2c(Cc3ccc(F)cc3)n[nH]c2=S)c(OC)c1. The maximum absolute atomic E-state index is 13.1. The summed E-state index contributed by atoms with van der Waals surface area (Å²) in [6, 6.07) is 9.65. The fraction of sp³-hybridized carbons (Fsp3) is 0.211. The van der Waals surface area contributed by atoms with Crippen molar-refractivity contribution in [3.8, 4) is 17.2 Å². The molecule has 7 nitrogen and oxygen atoms in total. The second-order valence-electron chi connectivity index (χ2n) is 5.75. The highest BCUT2D eigenvalue weighted by atomic mass is 32.1. The highest BCUT2D eigenvalue weighted by molar-refractivity contribution is 7.71. The molecule has 28 heavy (non-hydrogen) atoms. The van der Waals surface area contributed by atoms with Crippen LogP contribution in [0, 0.1) is 10.6 Å². The molecule has 0 unspecified atom stereocenters. The minimum atomic E-state index is -0.292. The van der Waals surface area contributed by atoms with Crippen molar-refractivity contribution < 1.29 is 18.6 Å². The second-order valence-corrected chi connectivity index (χ2v) is 6.14. The average molecular weight is 402 g/mol. The van der Waals surface area contributed by atoms with Crippen LogP contribution in [-0.4, -0.2) is 42.4 Å². The van der Waals surface area contributed by atoms with Gasteiger partial charge in [0.2, 0.25) is 4.77 Å². The van der Waals surface area contributed by atoms with E-state index >= 15 is 0 Å². The number of nitrogens with zero attached hydrogens (tertiary/aromatic N) is 3. The number of rotatable bonds is 7. The molecule has 9 heteroatoms. The van der Waals surface area contributed by atoms with E-state index < -0.39 is 0 Å². The Morgan fingerprint density at radius 1 is 1.11 bits per heavy atom. The number of halogens is 1. The third kappa shape index (κ3) is 4.20. The summed E-state index contributed by atoms with van der Waals surface area (Å²) in [5.41, 5.74) is 1.51. The number of aromatic amines is 1. The fourth-order valence-corrected chi connectivity index (χ4v) is 2.82. The van der Waals surface area contributed by atoms with E-state index in [1.165, 1.54) is 16.8 Å². The van der Waals surface area contributed by atoms with E-state index in [9.17, 15) is 4.39 Å². The summed E-state index contributed by atoms with van der Waals surface area (Å²) >= 11 is 5.28. The van der Waals surface area contributed by atoms with Crippen LogP contribution >= 0.6 is 12.2 Å². The van der Waals surface area contributed by atoms with Crippen LogP contribution in [0.1, 0.15) is 17.0 Å². The molecule has 1 N–H and O–H groups in total. The van der Waals surface area contributed by atoms with Crippen LogP contribution in [0.4, 0.5) is 4.39 Å². The van der Waals surface area contributed by atoms with Crippen molar-refractivity contribution in [2.75, 3.05) is 21.3 Å². The lowest BCUT2D eigenvalue weighted by molar-refractivity contribution is 0.374. The summed E-state index contributed by atoms with van der Waals surface area (Å²) in [7, 11) is 4.67. The van der Waals surface area contributed by atoms with Gasteiger partial charge < -0.3 is 14.2 Å². The van der Waals surface area contributed by atoms with E-state index in [4.69, 9.17) is 26.4 Å². The maximum Gasteiger partial charge on any atom is 0.216 e. The lowest BCUT2D eigenvalue weighted by atomic mass is 10.1. The first kappa shape index (κ1) is 19.6. The highest BCUT2D eigenvalue weighted by Crippen LogP contribution is 2.32. The van der Waals surface area contributed by atoms with E-state index in [1.807, 2.05) is 0 Å². The Labute approximate surface area is 166 Å². The van der Waals surface area contributed by atoms with Gasteiger partial charge in [0.15, 0.2) is 5.82 Å². The Morgan fingerprint density at radius 2 is 1.75 bits per heavy atom. The number of nitrogens with one attached hydrogen (secondary N) is 1. The summed E-state index contributed by atoms with van der Waals surface area (Å²) in [4.78, 5) is 0. The molecule has 1 aromatic heterocycles. The van der Waals surface area contributed by atoms with Crippen LogP contribution in [0.3, 0.4) is 0 Å². The first-order valence-corrected chi connectivity index (χ1v) is 8.71. The zero-order chi connectivity index (χ0) is 20.1. The van der Waals surface area contributed by atoms with Crippen molar-refractivity contribution in [3.63, 3.8) is 0 Å². The molecule has 146 valence electrons. The Hall–Kier alpha value is -3.20. The maximum atomic E-state index is 13.1. The average Bonchev–Trinajstić information content (AvgIpc) is 3.06. The van der Waals surface area contributed by atoms with E-state index in [1.54, 1.807) is 51.8 Å². The Morgan fingerprint density at radius 3 is 2.32 bits per heavy atom. The molecule has 0 aliphatic heterocycles. The number of H-pyrrole nitrogens is 1. The van der Waals surface area contributed by atoms with Crippen molar-refractivity contribution in [2.24, 2.45) is 5.10 Å². The van der Waals surface area contributed by atoms with Crippen molar-refractivity contribution >= 4 is 18.4 Å². The van der Waals surface area contributed by atoms with Crippen molar-refractivity contribution in [1.82, 2.24) is 14.9 Å². The second kappa shape index (κ2) is 8.66. The number of hydrogen-bond donors (Lipinski definition) is 1. The molecule has 3 aromatic rings. The van der Waals surface area contributed by atoms with Crippen LogP contribution in [0.15, 0.2) is 41.5 Å². The molecule has 1 heterocycles. The molecule has 0 saturated carbocycles. The first-order valence-electron chi connectivity index (χ1n) is 8.30. The van der Waals surface area contributed by atoms with E-state index in [0.717, 1.165) is 5.56 Å². The van der Waals surface area contributed by atoms with Crippen LogP contribution in [-0.2, 0) is 6.42 Å². The third-order valence-electron chi connectivity index (χ3n) is 4.05.